The Labute approximate surface area is 187 Å². The summed E-state index contributed by atoms with van der Waals surface area (Å²) in [5.74, 6) is 1.59. The number of benzene rings is 1. The maximum Gasteiger partial charge on any atom is 0.387 e. The number of piperidine rings is 1. The summed E-state index contributed by atoms with van der Waals surface area (Å²) >= 11 is 0. The summed E-state index contributed by atoms with van der Waals surface area (Å²) in [7, 11) is 1.68. The highest BCUT2D eigenvalue weighted by Crippen LogP contribution is 2.38. The van der Waals surface area contributed by atoms with Crippen LogP contribution in [0.3, 0.4) is 0 Å². The van der Waals surface area contributed by atoms with Gasteiger partial charge in [-0.05, 0) is 32.0 Å². The Morgan fingerprint density at radius 3 is 2.72 bits per heavy atom. The van der Waals surface area contributed by atoms with Gasteiger partial charge < -0.3 is 24.8 Å². The molecule has 1 unspecified atom stereocenters. The zero-order valence-corrected chi connectivity index (χ0v) is 19.1. The molecule has 2 heterocycles. The maximum absolute atomic E-state index is 12.8. The van der Waals surface area contributed by atoms with Crippen molar-refractivity contribution < 1.29 is 23.0 Å². The van der Waals surface area contributed by atoms with Crippen molar-refractivity contribution in [1.82, 2.24) is 15.5 Å². The van der Waals surface area contributed by atoms with Crippen LogP contribution in [0, 0.1) is 0 Å². The lowest BCUT2D eigenvalue weighted by molar-refractivity contribution is -0.0505. The molecule has 1 saturated heterocycles. The summed E-state index contributed by atoms with van der Waals surface area (Å²) in [6.45, 7) is 2.54. The molecule has 0 aromatic heterocycles. The molecule has 0 bridgehead atoms. The lowest BCUT2D eigenvalue weighted by Crippen LogP contribution is -2.48. The topological polar surface area (TPSA) is 67.4 Å². The van der Waals surface area contributed by atoms with Gasteiger partial charge in [0.25, 0.3) is 0 Å². The van der Waals surface area contributed by atoms with E-state index >= 15 is 0 Å². The molecule has 1 atom stereocenters. The predicted molar refractivity (Wildman–Crippen MR) is 118 cm³/mol. The van der Waals surface area contributed by atoms with Gasteiger partial charge in [-0.25, -0.2) is 0 Å². The van der Waals surface area contributed by atoms with E-state index < -0.39 is 6.61 Å². The van der Waals surface area contributed by atoms with Crippen LogP contribution >= 0.6 is 24.0 Å². The van der Waals surface area contributed by atoms with Crippen molar-refractivity contribution in [2.75, 3.05) is 33.5 Å². The molecular weight excluding hydrogens is 497 g/mol. The molecule has 10 heteroatoms. The summed E-state index contributed by atoms with van der Waals surface area (Å²) < 4.78 is 40.7. The summed E-state index contributed by atoms with van der Waals surface area (Å²) in [5, 5.41) is 6.50. The van der Waals surface area contributed by atoms with Gasteiger partial charge in [-0.3, -0.25) is 9.89 Å². The van der Waals surface area contributed by atoms with E-state index in [0.29, 0.717) is 29.1 Å². The van der Waals surface area contributed by atoms with Crippen molar-refractivity contribution in [2.45, 2.75) is 45.4 Å². The molecule has 0 amide bonds. The Bertz CT molecular complexity index is 694. The van der Waals surface area contributed by atoms with E-state index in [4.69, 9.17) is 9.47 Å². The monoisotopic (exact) mass is 526 g/mol. The number of ether oxygens (including phenoxy) is 3. The summed E-state index contributed by atoms with van der Waals surface area (Å²) in [4.78, 5) is 6.70. The molecule has 3 rings (SSSR count). The third-order valence-electron chi connectivity index (χ3n) is 5.10. The van der Waals surface area contributed by atoms with Gasteiger partial charge in [0.1, 0.15) is 5.75 Å². The van der Waals surface area contributed by atoms with Gasteiger partial charge in [0, 0.05) is 37.8 Å². The number of nitrogens with zero attached hydrogens (tertiary/aromatic N) is 2. The Kier molecular flexibility index (Phi) is 9.47. The SMILES string of the molecule is CCN1CCCCC1CNC(=NC)NCc1cc2c(cc1OC(F)F)OCO2.I. The third kappa shape index (κ3) is 6.46. The summed E-state index contributed by atoms with van der Waals surface area (Å²) in [6.07, 6.45) is 3.64. The number of rotatable bonds is 7. The lowest BCUT2D eigenvalue weighted by Gasteiger charge is -2.35. The number of guanidine groups is 1. The first-order valence-corrected chi connectivity index (χ1v) is 9.66. The van der Waals surface area contributed by atoms with E-state index in [-0.39, 0.29) is 43.1 Å². The summed E-state index contributed by atoms with van der Waals surface area (Å²) in [6, 6.07) is 3.56. The van der Waals surface area contributed by atoms with Crippen molar-refractivity contribution >= 4 is 29.9 Å². The predicted octanol–water partition coefficient (Wildman–Crippen LogP) is 3.17. The minimum absolute atomic E-state index is 0. The second kappa shape index (κ2) is 11.6. The molecule has 29 heavy (non-hydrogen) atoms. The fraction of sp³-hybridized carbons (Fsp3) is 0.632. The molecule has 7 nitrogen and oxygen atoms in total. The van der Waals surface area contributed by atoms with Crippen molar-refractivity contribution in [1.29, 1.82) is 0 Å². The molecule has 0 aliphatic carbocycles. The van der Waals surface area contributed by atoms with Crippen LogP contribution in [-0.2, 0) is 6.54 Å². The smallest absolute Gasteiger partial charge is 0.387 e. The Hall–Kier alpha value is -1.56. The van der Waals surface area contributed by atoms with E-state index in [9.17, 15) is 8.78 Å². The number of alkyl halides is 2. The maximum atomic E-state index is 12.8. The third-order valence-corrected chi connectivity index (χ3v) is 5.10. The first-order chi connectivity index (χ1) is 13.6. The highest BCUT2D eigenvalue weighted by molar-refractivity contribution is 14.0. The standard InChI is InChI=1S/C19H28F2N4O3.HI/c1-3-25-7-5-4-6-14(25)11-24-19(22-2)23-10-13-8-16-17(27-12-26-16)9-15(13)28-18(20)21;/h8-9,14,18H,3-7,10-12H2,1-2H3,(H2,22,23,24);1H. The fourth-order valence-corrected chi connectivity index (χ4v) is 3.63. The van der Waals surface area contributed by atoms with Gasteiger partial charge in [-0.2, -0.15) is 8.78 Å². The van der Waals surface area contributed by atoms with Crippen molar-refractivity contribution in [3.05, 3.63) is 17.7 Å². The number of hydrogen-bond acceptors (Lipinski definition) is 5. The first kappa shape index (κ1) is 23.7. The number of nitrogens with one attached hydrogen (secondary N) is 2. The molecule has 0 radical (unpaired) electrons. The van der Waals surface area contributed by atoms with Crippen LogP contribution in [-0.4, -0.2) is 57.0 Å². The molecule has 164 valence electrons. The molecule has 0 spiro atoms. The van der Waals surface area contributed by atoms with Gasteiger partial charge in [0.15, 0.2) is 17.5 Å². The first-order valence-electron chi connectivity index (χ1n) is 9.66. The lowest BCUT2D eigenvalue weighted by atomic mass is 10.0. The van der Waals surface area contributed by atoms with Crippen molar-refractivity contribution in [2.24, 2.45) is 4.99 Å². The highest BCUT2D eigenvalue weighted by atomic mass is 127. The van der Waals surface area contributed by atoms with E-state index in [2.05, 4.69) is 32.2 Å². The molecular formula is C19H29F2IN4O3. The van der Waals surface area contributed by atoms with E-state index in [1.54, 1.807) is 13.1 Å². The molecule has 2 aliphatic heterocycles. The second-order valence-corrected chi connectivity index (χ2v) is 6.78. The van der Waals surface area contributed by atoms with Gasteiger partial charge in [0.2, 0.25) is 6.79 Å². The average Bonchev–Trinajstić information content (AvgIpc) is 3.15. The zero-order valence-electron chi connectivity index (χ0n) is 16.7. The van der Waals surface area contributed by atoms with Gasteiger partial charge in [-0.15, -0.1) is 24.0 Å². The quantitative estimate of drug-likeness (QED) is 0.324. The van der Waals surface area contributed by atoms with Gasteiger partial charge >= 0.3 is 6.61 Å². The number of halogens is 3. The van der Waals surface area contributed by atoms with Crippen LogP contribution in [0.1, 0.15) is 31.7 Å². The van der Waals surface area contributed by atoms with Gasteiger partial charge in [0.05, 0.1) is 0 Å². The van der Waals surface area contributed by atoms with Crippen LogP contribution in [0.4, 0.5) is 8.78 Å². The molecule has 1 aromatic carbocycles. The number of aliphatic imine (C=N–C) groups is 1. The van der Waals surface area contributed by atoms with Crippen LogP contribution in [0.15, 0.2) is 17.1 Å². The largest absolute Gasteiger partial charge is 0.454 e. The molecule has 2 N–H and O–H groups in total. The van der Waals surface area contributed by atoms with Crippen molar-refractivity contribution in [3.8, 4) is 17.2 Å². The highest BCUT2D eigenvalue weighted by Gasteiger charge is 2.22. The minimum atomic E-state index is -2.91. The number of likely N-dealkylation sites (tertiary alicyclic amines) is 1. The van der Waals surface area contributed by atoms with Crippen LogP contribution < -0.4 is 24.8 Å². The molecule has 2 aliphatic rings. The number of likely N-dealkylation sites (N-methyl/N-ethyl adjacent to an activating group) is 1. The number of fused-ring (bicyclic) bond motifs is 1. The molecule has 1 fully saturated rings. The van der Waals surface area contributed by atoms with E-state index in [1.165, 1.54) is 18.9 Å². The van der Waals surface area contributed by atoms with Gasteiger partial charge in [-0.1, -0.05) is 13.3 Å². The zero-order chi connectivity index (χ0) is 19.9. The van der Waals surface area contributed by atoms with Crippen LogP contribution in [0.25, 0.3) is 0 Å². The normalized spacial score (nSPS) is 19.1. The number of hydrogen-bond donors (Lipinski definition) is 2. The Balaban J connectivity index is 0.00000300. The van der Waals surface area contributed by atoms with E-state index in [0.717, 1.165) is 26.1 Å². The summed E-state index contributed by atoms with van der Waals surface area (Å²) in [5.41, 5.74) is 0.542. The minimum Gasteiger partial charge on any atom is -0.454 e. The Morgan fingerprint density at radius 1 is 1.28 bits per heavy atom. The second-order valence-electron chi connectivity index (χ2n) is 6.78. The van der Waals surface area contributed by atoms with Crippen LogP contribution in [0.5, 0.6) is 17.2 Å². The van der Waals surface area contributed by atoms with Crippen LogP contribution in [0.2, 0.25) is 0 Å². The Morgan fingerprint density at radius 2 is 2.03 bits per heavy atom. The van der Waals surface area contributed by atoms with E-state index in [1.807, 2.05) is 0 Å². The average molecular weight is 526 g/mol. The fourth-order valence-electron chi connectivity index (χ4n) is 3.63. The molecule has 1 aromatic rings. The van der Waals surface area contributed by atoms with Crippen molar-refractivity contribution in [3.63, 3.8) is 0 Å². The molecule has 0 saturated carbocycles.